The summed E-state index contributed by atoms with van der Waals surface area (Å²) in [5, 5.41) is 11.5. The van der Waals surface area contributed by atoms with Gasteiger partial charge >= 0.3 is 6.03 Å². The third-order valence-corrected chi connectivity index (χ3v) is 5.66. The maximum Gasteiger partial charge on any atom is 0.315 e. The van der Waals surface area contributed by atoms with Gasteiger partial charge in [0.15, 0.2) is 0 Å². The van der Waals surface area contributed by atoms with E-state index in [1.807, 2.05) is 60.8 Å². The van der Waals surface area contributed by atoms with Gasteiger partial charge in [-0.05, 0) is 55.5 Å². The van der Waals surface area contributed by atoms with Crippen molar-refractivity contribution >= 4 is 34.2 Å². The normalized spacial score (nSPS) is 18.9. The highest BCUT2D eigenvalue weighted by molar-refractivity contribution is 6.31. The van der Waals surface area contributed by atoms with Crippen LogP contribution >= 0.6 is 11.6 Å². The maximum atomic E-state index is 12.2. The number of amides is 2. The van der Waals surface area contributed by atoms with E-state index in [0.717, 1.165) is 47.8 Å². The second-order valence-electron chi connectivity index (χ2n) is 7.53. The summed E-state index contributed by atoms with van der Waals surface area (Å²) in [4.78, 5) is 16.6. The molecule has 6 heteroatoms. The Morgan fingerprint density at radius 1 is 1.00 bits per heavy atom. The highest BCUT2D eigenvalue weighted by Crippen LogP contribution is 2.28. The van der Waals surface area contributed by atoms with Gasteiger partial charge in [-0.1, -0.05) is 41.9 Å². The summed E-state index contributed by atoms with van der Waals surface area (Å²) in [5.74, 6) is 0. The summed E-state index contributed by atoms with van der Waals surface area (Å²) in [5.41, 5.74) is 3.08. The molecule has 3 N–H and O–H groups in total. The first-order valence-electron chi connectivity index (χ1n) is 10.1. The molecular formula is C23H25ClN4O. The number of nitrogens with zero attached hydrogens (tertiary/aromatic N) is 1. The number of hydrogen-bond acceptors (Lipinski definition) is 3. The molecule has 0 radical (unpaired) electrons. The number of nitrogens with one attached hydrogen (secondary N) is 3. The molecule has 1 aliphatic carbocycles. The first-order valence-corrected chi connectivity index (χ1v) is 10.4. The van der Waals surface area contributed by atoms with Gasteiger partial charge in [-0.3, -0.25) is 4.98 Å². The van der Waals surface area contributed by atoms with Crippen LogP contribution < -0.4 is 16.0 Å². The van der Waals surface area contributed by atoms with Gasteiger partial charge in [0.25, 0.3) is 0 Å². The predicted octanol–water partition coefficient (Wildman–Crippen LogP) is 5.11. The van der Waals surface area contributed by atoms with Crippen LogP contribution in [0.1, 0.15) is 31.2 Å². The third kappa shape index (κ3) is 5.18. The van der Waals surface area contributed by atoms with Crippen molar-refractivity contribution in [2.45, 2.75) is 44.3 Å². The lowest BCUT2D eigenvalue weighted by atomic mass is 9.91. The third-order valence-electron chi connectivity index (χ3n) is 5.42. The fourth-order valence-electron chi connectivity index (χ4n) is 3.86. The Hall–Kier alpha value is -2.79. The number of rotatable bonds is 5. The fraction of sp³-hybridized carbons (Fsp3) is 0.304. The molecule has 2 aromatic carbocycles. The number of halogens is 1. The molecule has 29 heavy (non-hydrogen) atoms. The van der Waals surface area contributed by atoms with E-state index < -0.39 is 0 Å². The highest BCUT2D eigenvalue weighted by Gasteiger charge is 2.22. The minimum atomic E-state index is -0.0951. The Labute approximate surface area is 175 Å². The molecule has 2 amide bonds. The maximum absolute atomic E-state index is 12.2. The van der Waals surface area contributed by atoms with E-state index in [0.29, 0.717) is 17.6 Å². The summed E-state index contributed by atoms with van der Waals surface area (Å²) < 4.78 is 0. The zero-order valence-electron chi connectivity index (χ0n) is 16.2. The number of urea groups is 1. The van der Waals surface area contributed by atoms with E-state index in [1.54, 1.807) is 0 Å². The van der Waals surface area contributed by atoms with Crippen molar-refractivity contribution in [3.63, 3.8) is 0 Å². The fourth-order valence-corrected chi connectivity index (χ4v) is 4.03. The van der Waals surface area contributed by atoms with E-state index >= 15 is 0 Å². The molecule has 150 valence electrons. The van der Waals surface area contributed by atoms with Crippen molar-refractivity contribution in [3.8, 4) is 0 Å². The number of fused-ring (bicyclic) bond motifs is 1. The summed E-state index contributed by atoms with van der Waals surface area (Å²) >= 11 is 6.08. The number of anilines is 1. The zero-order chi connectivity index (χ0) is 20.1. The van der Waals surface area contributed by atoms with Crippen LogP contribution in [0.25, 0.3) is 10.9 Å². The molecule has 5 nitrogen and oxygen atoms in total. The molecule has 1 fully saturated rings. The van der Waals surface area contributed by atoms with Crippen LogP contribution in [0.4, 0.5) is 10.5 Å². The summed E-state index contributed by atoms with van der Waals surface area (Å²) in [6, 6.07) is 18.3. The minimum Gasteiger partial charge on any atom is -0.382 e. The largest absolute Gasteiger partial charge is 0.382 e. The van der Waals surface area contributed by atoms with Crippen molar-refractivity contribution in [3.05, 3.63) is 71.4 Å². The van der Waals surface area contributed by atoms with E-state index in [4.69, 9.17) is 11.6 Å². The van der Waals surface area contributed by atoms with Crippen LogP contribution in [0.15, 0.2) is 60.8 Å². The monoisotopic (exact) mass is 408 g/mol. The van der Waals surface area contributed by atoms with Gasteiger partial charge in [-0.25, -0.2) is 4.79 Å². The minimum absolute atomic E-state index is 0.0951. The second kappa shape index (κ2) is 9.14. The Morgan fingerprint density at radius 3 is 2.55 bits per heavy atom. The molecular weight excluding hydrogens is 384 g/mol. The van der Waals surface area contributed by atoms with Gasteiger partial charge in [-0.15, -0.1) is 0 Å². The molecule has 0 unspecified atom stereocenters. The smallest absolute Gasteiger partial charge is 0.315 e. The number of carbonyl (C=O) groups is 1. The van der Waals surface area contributed by atoms with Crippen molar-refractivity contribution in [1.29, 1.82) is 0 Å². The first-order chi connectivity index (χ1) is 14.2. The lowest BCUT2D eigenvalue weighted by molar-refractivity contribution is 0.231. The molecule has 4 rings (SSSR count). The summed E-state index contributed by atoms with van der Waals surface area (Å²) in [6.45, 7) is 0.544. The number of aromatic nitrogens is 1. The molecule has 0 aliphatic heterocycles. The van der Waals surface area contributed by atoms with Crippen LogP contribution in [0, 0.1) is 0 Å². The molecule has 0 spiro atoms. The second-order valence-corrected chi connectivity index (χ2v) is 7.96. The van der Waals surface area contributed by atoms with Crippen LogP contribution in [-0.4, -0.2) is 23.1 Å². The van der Waals surface area contributed by atoms with Gasteiger partial charge in [0.2, 0.25) is 0 Å². The zero-order valence-corrected chi connectivity index (χ0v) is 17.0. The Balaban J connectivity index is 1.26. The van der Waals surface area contributed by atoms with Crippen LogP contribution in [0.5, 0.6) is 0 Å². The lowest BCUT2D eigenvalue weighted by Crippen LogP contribution is -2.44. The van der Waals surface area contributed by atoms with Crippen molar-refractivity contribution in [2.24, 2.45) is 0 Å². The molecule has 3 aromatic rings. The van der Waals surface area contributed by atoms with Crippen molar-refractivity contribution in [1.82, 2.24) is 15.6 Å². The Bertz CT molecular complexity index is 971. The number of hydrogen-bond donors (Lipinski definition) is 3. The van der Waals surface area contributed by atoms with Gasteiger partial charge in [-0.2, -0.15) is 0 Å². The SMILES string of the molecule is O=C(NCc1ccccc1)NC1CCC(Nc2ccnc3cc(Cl)ccc23)CC1. The van der Waals surface area contributed by atoms with Gasteiger partial charge in [0, 0.05) is 40.9 Å². The quantitative estimate of drug-likeness (QED) is 0.549. The van der Waals surface area contributed by atoms with Gasteiger partial charge < -0.3 is 16.0 Å². The summed E-state index contributed by atoms with van der Waals surface area (Å²) in [6.07, 6.45) is 5.77. The van der Waals surface area contributed by atoms with Crippen LogP contribution in [0.2, 0.25) is 5.02 Å². The number of benzene rings is 2. The van der Waals surface area contributed by atoms with E-state index in [-0.39, 0.29) is 12.1 Å². The van der Waals surface area contributed by atoms with Crippen LogP contribution in [-0.2, 0) is 6.54 Å². The van der Waals surface area contributed by atoms with Crippen LogP contribution in [0.3, 0.4) is 0 Å². The first kappa shape index (κ1) is 19.5. The average Bonchev–Trinajstić information content (AvgIpc) is 2.74. The summed E-state index contributed by atoms with van der Waals surface area (Å²) in [7, 11) is 0. The molecule has 1 aromatic heterocycles. The predicted molar refractivity (Wildman–Crippen MR) is 118 cm³/mol. The molecule has 1 saturated carbocycles. The van der Waals surface area contributed by atoms with Gasteiger partial charge in [0.1, 0.15) is 0 Å². The average molecular weight is 409 g/mol. The van der Waals surface area contributed by atoms with Crippen molar-refractivity contribution < 1.29 is 4.79 Å². The number of pyridine rings is 1. The topological polar surface area (TPSA) is 66.1 Å². The number of carbonyl (C=O) groups excluding carboxylic acids is 1. The van der Waals surface area contributed by atoms with E-state index in [2.05, 4.69) is 20.9 Å². The highest BCUT2D eigenvalue weighted by atomic mass is 35.5. The molecule has 1 aliphatic rings. The van der Waals surface area contributed by atoms with Crippen molar-refractivity contribution in [2.75, 3.05) is 5.32 Å². The molecule has 0 atom stereocenters. The molecule has 1 heterocycles. The van der Waals surface area contributed by atoms with E-state index in [9.17, 15) is 4.79 Å². The van der Waals surface area contributed by atoms with E-state index in [1.165, 1.54) is 0 Å². The standard InChI is InChI=1S/C23H25ClN4O/c24-17-6-11-20-21(12-13-25-22(20)14-17)27-18-7-9-19(10-8-18)28-23(29)26-15-16-4-2-1-3-5-16/h1-6,11-14,18-19H,7-10,15H2,(H,25,27)(H2,26,28,29). The molecule has 0 bridgehead atoms. The Morgan fingerprint density at radius 2 is 1.76 bits per heavy atom. The van der Waals surface area contributed by atoms with Gasteiger partial charge in [0.05, 0.1) is 5.52 Å². The molecule has 0 saturated heterocycles. The Kier molecular flexibility index (Phi) is 6.15. The lowest BCUT2D eigenvalue weighted by Gasteiger charge is -2.30.